The zero-order valence-electron chi connectivity index (χ0n) is 21.1. The molecule has 4 aliphatic carbocycles. The average Bonchev–Trinajstić information content (AvgIpc) is 3.06. The van der Waals surface area contributed by atoms with Crippen LogP contribution in [0.5, 0.6) is 0 Å². The first kappa shape index (κ1) is 26.2. The second-order valence-electron chi connectivity index (χ2n) is 12.7. The maximum Gasteiger partial charge on any atom is 0.159 e. The molecule has 7 nitrogen and oxygen atoms in total. The van der Waals surface area contributed by atoms with Crippen LogP contribution in [0.3, 0.4) is 0 Å². The molecular formula is C27H44O7. The summed E-state index contributed by atoms with van der Waals surface area (Å²) in [7, 11) is 0. The Morgan fingerprint density at radius 2 is 1.79 bits per heavy atom. The van der Waals surface area contributed by atoms with E-state index in [1.165, 1.54) is 0 Å². The van der Waals surface area contributed by atoms with E-state index in [-0.39, 0.29) is 42.5 Å². The van der Waals surface area contributed by atoms with Crippen LogP contribution in [0.1, 0.15) is 79.1 Å². The number of rotatable bonds is 6. The van der Waals surface area contributed by atoms with Crippen LogP contribution in [0.15, 0.2) is 11.6 Å². The van der Waals surface area contributed by atoms with Gasteiger partial charge in [0.2, 0.25) is 0 Å². The molecule has 7 heteroatoms. The lowest BCUT2D eigenvalue weighted by atomic mass is 9.45. The molecule has 6 N–H and O–H groups in total. The van der Waals surface area contributed by atoms with Crippen LogP contribution in [-0.4, -0.2) is 72.5 Å². The van der Waals surface area contributed by atoms with Crippen molar-refractivity contribution in [3.05, 3.63) is 11.6 Å². The number of allylic oxidation sites excluding steroid dienone is 1. The van der Waals surface area contributed by atoms with Crippen molar-refractivity contribution in [3.63, 3.8) is 0 Å². The molecule has 0 heterocycles. The number of carbonyl (C=O) groups excluding carboxylic acids is 1. The first-order chi connectivity index (χ1) is 15.7. The van der Waals surface area contributed by atoms with E-state index >= 15 is 0 Å². The normalized spacial score (nSPS) is 47.6. The molecule has 0 aromatic carbocycles. The fourth-order valence-electron chi connectivity index (χ4n) is 8.37. The molecule has 194 valence electrons. The number of ketones is 1. The number of fused-ring (bicyclic) bond motifs is 5. The highest BCUT2D eigenvalue weighted by Crippen LogP contribution is 2.68. The van der Waals surface area contributed by atoms with Gasteiger partial charge in [0, 0.05) is 17.9 Å². The Morgan fingerprint density at radius 1 is 1.12 bits per heavy atom. The molecule has 3 fully saturated rings. The molecule has 0 bridgehead atoms. The van der Waals surface area contributed by atoms with Crippen LogP contribution in [-0.2, 0) is 4.79 Å². The number of aliphatic hydroxyl groups excluding tert-OH is 4. The molecule has 4 rings (SSSR count). The topological polar surface area (TPSA) is 138 Å². The summed E-state index contributed by atoms with van der Waals surface area (Å²) in [6, 6.07) is 0. The van der Waals surface area contributed by atoms with Crippen molar-refractivity contribution in [1.82, 2.24) is 0 Å². The van der Waals surface area contributed by atoms with Gasteiger partial charge in [0.25, 0.3) is 0 Å². The van der Waals surface area contributed by atoms with Crippen LogP contribution in [0.25, 0.3) is 0 Å². The highest BCUT2D eigenvalue weighted by atomic mass is 16.3. The lowest BCUT2D eigenvalue weighted by molar-refractivity contribution is -0.176. The summed E-state index contributed by atoms with van der Waals surface area (Å²) in [5.74, 6) is -0.859. The summed E-state index contributed by atoms with van der Waals surface area (Å²) in [5, 5.41) is 64.7. The third kappa shape index (κ3) is 3.65. The zero-order chi connectivity index (χ0) is 25.3. The second kappa shape index (κ2) is 8.63. The van der Waals surface area contributed by atoms with E-state index in [4.69, 9.17) is 0 Å². The standard InChI is InChI=1S/C27H44O7/c1-15(14-28)5-6-23(32)26(4,33)22-8-10-27(34)17-11-19(29)18-12-20(30)21(31)13-24(18,2)16(17)7-9-25(22,27)3/h11,15-16,18,20-23,28,30-34H,5-10,12-14H2,1-4H3/t15?,16?,18-,20+,21-,22?,23?,24+,25+,26+,27?/m0/s1. The van der Waals surface area contributed by atoms with Crippen LogP contribution in [0.2, 0.25) is 0 Å². The van der Waals surface area contributed by atoms with Crippen molar-refractivity contribution >= 4 is 5.78 Å². The van der Waals surface area contributed by atoms with Gasteiger partial charge in [-0.3, -0.25) is 4.79 Å². The Kier molecular flexibility index (Phi) is 6.66. The van der Waals surface area contributed by atoms with Gasteiger partial charge in [-0.05, 0) is 93.1 Å². The van der Waals surface area contributed by atoms with Crippen LogP contribution >= 0.6 is 0 Å². The second-order valence-corrected chi connectivity index (χ2v) is 12.7. The van der Waals surface area contributed by atoms with Gasteiger partial charge in [-0.25, -0.2) is 0 Å². The lowest BCUT2D eigenvalue weighted by Crippen LogP contribution is -2.62. The molecule has 4 aliphatic rings. The van der Waals surface area contributed by atoms with Crippen LogP contribution in [0.4, 0.5) is 0 Å². The molecule has 0 amide bonds. The smallest absolute Gasteiger partial charge is 0.159 e. The predicted octanol–water partition coefficient (Wildman–Crippen LogP) is 1.71. The summed E-state index contributed by atoms with van der Waals surface area (Å²) in [4.78, 5) is 13.3. The monoisotopic (exact) mass is 480 g/mol. The molecule has 11 atom stereocenters. The van der Waals surface area contributed by atoms with Crippen molar-refractivity contribution in [2.45, 2.75) is 109 Å². The molecule has 5 unspecified atom stereocenters. The fourth-order valence-corrected chi connectivity index (χ4v) is 8.37. The molecular weight excluding hydrogens is 436 g/mol. The van der Waals surface area contributed by atoms with E-state index < -0.39 is 40.3 Å². The number of hydrogen-bond acceptors (Lipinski definition) is 7. The summed E-state index contributed by atoms with van der Waals surface area (Å²) >= 11 is 0. The molecule has 0 aromatic heterocycles. The largest absolute Gasteiger partial charge is 0.396 e. The van der Waals surface area contributed by atoms with Gasteiger partial charge in [-0.15, -0.1) is 0 Å². The molecule has 0 spiro atoms. The minimum absolute atomic E-state index is 0.0326. The maximum atomic E-state index is 13.3. The quantitative estimate of drug-likeness (QED) is 0.340. The van der Waals surface area contributed by atoms with Gasteiger partial charge in [-0.1, -0.05) is 20.8 Å². The third-order valence-corrected chi connectivity index (χ3v) is 10.7. The fraction of sp³-hybridized carbons (Fsp3) is 0.889. The Labute approximate surface area is 202 Å². The molecule has 0 saturated heterocycles. The van der Waals surface area contributed by atoms with Crippen molar-refractivity contribution in [2.24, 2.45) is 34.5 Å². The van der Waals surface area contributed by atoms with Gasteiger partial charge >= 0.3 is 0 Å². The van der Waals surface area contributed by atoms with Crippen molar-refractivity contribution in [1.29, 1.82) is 0 Å². The van der Waals surface area contributed by atoms with Crippen molar-refractivity contribution < 1.29 is 35.4 Å². The first-order valence-electron chi connectivity index (χ1n) is 13.1. The van der Waals surface area contributed by atoms with Crippen LogP contribution in [0, 0.1) is 34.5 Å². The Morgan fingerprint density at radius 3 is 2.44 bits per heavy atom. The summed E-state index contributed by atoms with van der Waals surface area (Å²) in [6.45, 7) is 7.59. The van der Waals surface area contributed by atoms with Crippen LogP contribution < -0.4 is 0 Å². The van der Waals surface area contributed by atoms with E-state index in [1.807, 2.05) is 20.8 Å². The highest BCUT2D eigenvalue weighted by Gasteiger charge is 2.69. The van der Waals surface area contributed by atoms with Crippen molar-refractivity contribution in [3.8, 4) is 0 Å². The Bertz CT molecular complexity index is 839. The third-order valence-electron chi connectivity index (χ3n) is 10.7. The molecule has 0 aromatic rings. The van der Waals surface area contributed by atoms with Crippen molar-refractivity contribution in [2.75, 3.05) is 6.61 Å². The highest BCUT2D eigenvalue weighted by molar-refractivity contribution is 5.95. The van der Waals surface area contributed by atoms with Gasteiger partial charge in [-0.2, -0.15) is 0 Å². The minimum atomic E-state index is -1.42. The Balaban J connectivity index is 1.65. The molecule has 0 aliphatic heterocycles. The maximum absolute atomic E-state index is 13.3. The zero-order valence-corrected chi connectivity index (χ0v) is 21.1. The lowest BCUT2D eigenvalue weighted by Gasteiger charge is -2.60. The van der Waals surface area contributed by atoms with E-state index in [0.717, 1.165) is 12.0 Å². The SMILES string of the molecule is CC(CO)CCC(O)[C@](C)(O)C1CCC2(O)C3=CC(=O)[C@@H]4C[C@@H](O)[C@@H](O)C[C@]4(C)C3CC[C@]12C. The van der Waals surface area contributed by atoms with Gasteiger partial charge in [0.15, 0.2) is 5.78 Å². The minimum Gasteiger partial charge on any atom is -0.396 e. The predicted molar refractivity (Wildman–Crippen MR) is 127 cm³/mol. The summed E-state index contributed by atoms with van der Waals surface area (Å²) < 4.78 is 0. The van der Waals surface area contributed by atoms with E-state index in [1.54, 1.807) is 13.0 Å². The van der Waals surface area contributed by atoms with E-state index in [0.29, 0.717) is 38.5 Å². The molecule has 3 saturated carbocycles. The van der Waals surface area contributed by atoms with E-state index in [9.17, 15) is 35.4 Å². The van der Waals surface area contributed by atoms with E-state index in [2.05, 4.69) is 0 Å². The van der Waals surface area contributed by atoms with Gasteiger partial charge in [0.05, 0.1) is 29.5 Å². The summed E-state index contributed by atoms with van der Waals surface area (Å²) in [5.41, 5.74) is -3.21. The number of hydrogen-bond donors (Lipinski definition) is 6. The van der Waals surface area contributed by atoms with Gasteiger partial charge < -0.3 is 30.6 Å². The summed E-state index contributed by atoms with van der Waals surface area (Å²) in [6.07, 6.45) is 2.65. The van der Waals surface area contributed by atoms with Gasteiger partial charge in [0.1, 0.15) is 0 Å². The first-order valence-corrected chi connectivity index (χ1v) is 13.1. The number of carbonyl (C=O) groups is 1. The molecule has 34 heavy (non-hydrogen) atoms. The number of aliphatic hydroxyl groups is 6. The molecule has 0 radical (unpaired) electrons. The Hall–Kier alpha value is -0.830. The average molecular weight is 481 g/mol.